The zero-order valence-electron chi connectivity index (χ0n) is 20.6. The Kier molecular flexibility index (Phi) is 8.10. The van der Waals surface area contributed by atoms with Crippen LogP contribution in [0.4, 0.5) is 5.13 Å². The third kappa shape index (κ3) is 5.83. The number of sulfonamides is 1. The van der Waals surface area contributed by atoms with Gasteiger partial charge in [-0.25, -0.2) is 13.4 Å². The number of aromatic nitrogens is 1. The quantitative estimate of drug-likeness (QED) is 0.435. The second-order valence-electron chi connectivity index (χ2n) is 9.02. The van der Waals surface area contributed by atoms with Crippen molar-refractivity contribution in [1.29, 1.82) is 0 Å². The fourth-order valence-corrected chi connectivity index (χ4v) is 7.32. The van der Waals surface area contributed by atoms with Crippen molar-refractivity contribution in [3.8, 4) is 0 Å². The maximum Gasteiger partial charge on any atom is 0.260 e. The van der Waals surface area contributed by atoms with Crippen LogP contribution in [0.25, 0.3) is 10.2 Å². The van der Waals surface area contributed by atoms with Gasteiger partial charge >= 0.3 is 0 Å². The molecule has 1 amide bonds. The molecule has 9 nitrogen and oxygen atoms in total. The molecule has 0 bridgehead atoms. The lowest BCUT2D eigenvalue weighted by atomic mass is 10.2. The van der Waals surface area contributed by atoms with Crippen LogP contribution in [0.5, 0.6) is 0 Å². The lowest BCUT2D eigenvalue weighted by Gasteiger charge is -2.29. The topological polar surface area (TPSA) is 92.3 Å². The molecule has 0 aliphatic carbocycles. The summed E-state index contributed by atoms with van der Waals surface area (Å²) >= 11 is 7.68. The molecule has 37 heavy (non-hydrogen) atoms. The average molecular weight is 565 g/mol. The van der Waals surface area contributed by atoms with Gasteiger partial charge in [0.25, 0.3) is 5.91 Å². The first-order valence-electron chi connectivity index (χ1n) is 12.2. The van der Waals surface area contributed by atoms with E-state index in [1.807, 2.05) is 19.1 Å². The van der Waals surface area contributed by atoms with Crippen LogP contribution in [0.1, 0.15) is 15.9 Å². The van der Waals surface area contributed by atoms with E-state index in [0.29, 0.717) is 68.3 Å². The minimum Gasteiger partial charge on any atom is -0.379 e. The van der Waals surface area contributed by atoms with Gasteiger partial charge < -0.3 is 9.47 Å². The van der Waals surface area contributed by atoms with Crippen molar-refractivity contribution >= 4 is 54.2 Å². The van der Waals surface area contributed by atoms with E-state index in [1.54, 1.807) is 17.0 Å². The highest BCUT2D eigenvalue weighted by Crippen LogP contribution is 2.33. The molecule has 3 heterocycles. The molecule has 0 unspecified atom stereocenters. The summed E-state index contributed by atoms with van der Waals surface area (Å²) in [6.07, 6.45) is 0. The van der Waals surface area contributed by atoms with Gasteiger partial charge in [0.2, 0.25) is 10.0 Å². The number of hydrogen-bond acceptors (Lipinski definition) is 8. The number of hydrogen-bond donors (Lipinski definition) is 0. The Labute approximate surface area is 225 Å². The number of aryl methyl sites for hydroxylation is 1. The smallest absolute Gasteiger partial charge is 0.260 e. The molecule has 2 aromatic carbocycles. The molecule has 0 N–H and O–H groups in total. The van der Waals surface area contributed by atoms with Crippen molar-refractivity contribution in [2.75, 3.05) is 70.6 Å². The number of anilines is 1. The van der Waals surface area contributed by atoms with Crippen LogP contribution in [-0.4, -0.2) is 94.2 Å². The molecule has 0 radical (unpaired) electrons. The fourth-order valence-electron chi connectivity index (χ4n) is 4.47. The van der Waals surface area contributed by atoms with Gasteiger partial charge in [-0.15, -0.1) is 0 Å². The van der Waals surface area contributed by atoms with Crippen molar-refractivity contribution in [3.05, 3.63) is 52.5 Å². The number of thiazole rings is 1. The van der Waals surface area contributed by atoms with Crippen molar-refractivity contribution in [3.63, 3.8) is 0 Å². The summed E-state index contributed by atoms with van der Waals surface area (Å²) in [5.74, 6) is -0.230. The third-order valence-electron chi connectivity index (χ3n) is 6.57. The number of morpholine rings is 2. The highest BCUT2D eigenvalue weighted by atomic mass is 35.5. The van der Waals surface area contributed by atoms with Crippen molar-refractivity contribution in [2.24, 2.45) is 0 Å². The van der Waals surface area contributed by atoms with E-state index in [0.717, 1.165) is 28.9 Å². The molecule has 0 saturated carbocycles. The molecular formula is C25H29ClN4O5S2. The van der Waals surface area contributed by atoms with Gasteiger partial charge in [-0.05, 0) is 48.9 Å². The number of carbonyl (C=O) groups excluding carboxylic acids is 1. The predicted molar refractivity (Wildman–Crippen MR) is 144 cm³/mol. The molecule has 12 heteroatoms. The highest BCUT2D eigenvalue weighted by molar-refractivity contribution is 7.89. The number of halogens is 1. The molecule has 198 valence electrons. The number of ether oxygens (including phenoxy) is 2. The summed E-state index contributed by atoms with van der Waals surface area (Å²) in [7, 11) is -3.64. The van der Waals surface area contributed by atoms with Gasteiger partial charge in [0.1, 0.15) is 0 Å². The molecule has 2 aliphatic rings. The Balaban J connectivity index is 1.42. The molecule has 1 aromatic heterocycles. The summed E-state index contributed by atoms with van der Waals surface area (Å²) in [5.41, 5.74) is 2.17. The summed E-state index contributed by atoms with van der Waals surface area (Å²) in [6.45, 7) is 7.42. The zero-order valence-corrected chi connectivity index (χ0v) is 22.9. The van der Waals surface area contributed by atoms with Crippen LogP contribution in [0, 0.1) is 6.92 Å². The van der Waals surface area contributed by atoms with E-state index < -0.39 is 10.0 Å². The SMILES string of the molecule is Cc1cc(Cl)cc2sc(N(CCN3CCOCC3)C(=O)c3ccc(S(=O)(=O)N4CCOCC4)cc3)nc12. The number of carbonyl (C=O) groups is 1. The number of fused-ring (bicyclic) bond motifs is 1. The second kappa shape index (κ2) is 11.3. The first kappa shape index (κ1) is 26.5. The van der Waals surface area contributed by atoms with E-state index in [2.05, 4.69) is 4.90 Å². The molecule has 2 fully saturated rings. The second-order valence-corrected chi connectivity index (χ2v) is 12.4. The largest absolute Gasteiger partial charge is 0.379 e. The summed E-state index contributed by atoms with van der Waals surface area (Å²) < 4.78 is 39.1. The zero-order chi connectivity index (χ0) is 26.0. The van der Waals surface area contributed by atoms with Gasteiger partial charge in [0.05, 0.1) is 41.5 Å². The standard InChI is InChI=1S/C25H29ClN4O5S2/c1-18-16-20(26)17-22-23(18)27-25(36-22)30(7-6-28-8-12-34-13-9-28)24(31)19-2-4-21(5-3-19)37(32,33)29-10-14-35-15-11-29/h2-5,16-17H,6-15H2,1H3. The molecule has 2 aliphatic heterocycles. The maximum absolute atomic E-state index is 13.8. The van der Waals surface area contributed by atoms with Crippen LogP contribution in [0.15, 0.2) is 41.3 Å². The van der Waals surface area contributed by atoms with Crippen molar-refractivity contribution in [2.45, 2.75) is 11.8 Å². The number of benzene rings is 2. The van der Waals surface area contributed by atoms with E-state index in [9.17, 15) is 13.2 Å². The van der Waals surface area contributed by atoms with Crippen molar-refractivity contribution < 1.29 is 22.7 Å². The molecular weight excluding hydrogens is 536 g/mol. The van der Waals surface area contributed by atoms with Gasteiger partial charge in [-0.1, -0.05) is 22.9 Å². The Hall–Kier alpha value is -2.12. The predicted octanol–water partition coefficient (Wildman–Crippen LogP) is 3.26. The van der Waals surface area contributed by atoms with Crippen molar-refractivity contribution in [1.82, 2.24) is 14.2 Å². The molecule has 0 spiro atoms. The number of amides is 1. The highest BCUT2D eigenvalue weighted by Gasteiger charge is 2.28. The Bertz CT molecular complexity index is 1370. The van der Waals surface area contributed by atoms with Crippen LogP contribution in [-0.2, 0) is 19.5 Å². The van der Waals surface area contributed by atoms with E-state index in [4.69, 9.17) is 26.1 Å². The first-order valence-corrected chi connectivity index (χ1v) is 14.8. The molecule has 5 rings (SSSR count). The minimum absolute atomic E-state index is 0.163. The normalized spacial score (nSPS) is 17.8. The molecule has 2 saturated heterocycles. The maximum atomic E-state index is 13.8. The monoisotopic (exact) mass is 564 g/mol. The Morgan fingerprint density at radius 2 is 1.70 bits per heavy atom. The number of nitrogens with zero attached hydrogens (tertiary/aromatic N) is 4. The summed E-state index contributed by atoms with van der Waals surface area (Å²) in [4.78, 5) is 22.6. The van der Waals surface area contributed by atoms with Gasteiger partial charge in [-0.2, -0.15) is 4.31 Å². The van der Waals surface area contributed by atoms with E-state index in [-0.39, 0.29) is 10.8 Å². The van der Waals surface area contributed by atoms with Crippen LogP contribution in [0.3, 0.4) is 0 Å². The number of rotatable bonds is 7. The van der Waals surface area contributed by atoms with E-state index >= 15 is 0 Å². The van der Waals surface area contributed by atoms with Gasteiger partial charge in [0.15, 0.2) is 5.13 Å². The summed E-state index contributed by atoms with van der Waals surface area (Å²) in [6, 6.07) is 9.88. The summed E-state index contributed by atoms with van der Waals surface area (Å²) in [5, 5.41) is 1.21. The fraction of sp³-hybridized carbons (Fsp3) is 0.440. The lowest BCUT2D eigenvalue weighted by Crippen LogP contribution is -2.43. The average Bonchev–Trinajstić information content (AvgIpc) is 3.34. The lowest BCUT2D eigenvalue weighted by molar-refractivity contribution is 0.0391. The minimum atomic E-state index is -3.64. The third-order valence-corrected chi connectivity index (χ3v) is 9.72. The van der Waals surface area contributed by atoms with Gasteiger partial charge in [-0.3, -0.25) is 14.6 Å². The Morgan fingerprint density at radius 3 is 2.38 bits per heavy atom. The molecule has 0 atom stereocenters. The molecule has 3 aromatic rings. The Morgan fingerprint density at radius 1 is 1.05 bits per heavy atom. The van der Waals surface area contributed by atoms with E-state index in [1.165, 1.54) is 27.8 Å². The van der Waals surface area contributed by atoms with Crippen LogP contribution >= 0.6 is 22.9 Å². The first-order chi connectivity index (χ1) is 17.8. The van der Waals surface area contributed by atoms with Crippen LogP contribution in [0.2, 0.25) is 5.02 Å². The van der Waals surface area contributed by atoms with Crippen LogP contribution < -0.4 is 4.90 Å². The van der Waals surface area contributed by atoms with Gasteiger partial charge in [0, 0.05) is 49.9 Å².